The Kier molecular flexibility index (Phi) is 6.45. The summed E-state index contributed by atoms with van der Waals surface area (Å²) in [4.78, 5) is 13.5. The Bertz CT molecular complexity index is 611. The third kappa shape index (κ3) is 4.72. The topological polar surface area (TPSA) is 87.9 Å². The van der Waals surface area contributed by atoms with Crippen molar-refractivity contribution in [3.8, 4) is 0 Å². The number of hydrogen-bond acceptors (Lipinski definition) is 6. The minimum atomic E-state index is -0.362. The van der Waals surface area contributed by atoms with E-state index in [1.54, 1.807) is 12.1 Å². The number of rotatable bonds is 7. The summed E-state index contributed by atoms with van der Waals surface area (Å²) in [5, 5.41) is 24.1. The lowest BCUT2D eigenvalue weighted by atomic mass is 9.73. The van der Waals surface area contributed by atoms with Crippen molar-refractivity contribution in [1.29, 1.82) is 0 Å². The van der Waals surface area contributed by atoms with E-state index in [2.05, 4.69) is 10.2 Å². The molecule has 0 atom stereocenters. The number of hydrogen-bond donors (Lipinski definition) is 2. The molecule has 1 aromatic carbocycles. The summed E-state index contributed by atoms with van der Waals surface area (Å²) in [7, 11) is 0. The Labute approximate surface area is 154 Å². The fraction of sp³-hybridized carbons (Fsp3) is 0.684. The van der Waals surface area contributed by atoms with Crippen LogP contribution in [-0.2, 0) is 11.3 Å². The zero-order valence-electron chi connectivity index (χ0n) is 15.3. The minimum absolute atomic E-state index is 0.0690. The smallest absolute Gasteiger partial charge is 0.292 e. The SMILES string of the molecule is O=[N+]([O-])c1ccc(CO)cc1NCC1(CN2CCOCC2)CCCCC1. The van der Waals surface area contributed by atoms with Gasteiger partial charge in [0.15, 0.2) is 0 Å². The van der Waals surface area contributed by atoms with E-state index in [4.69, 9.17) is 4.74 Å². The number of nitrogens with zero attached hydrogens (tertiary/aromatic N) is 2. The summed E-state index contributed by atoms with van der Waals surface area (Å²) < 4.78 is 5.46. The van der Waals surface area contributed by atoms with E-state index in [9.17, 15) is 15.2 Å². The lowest BCUT2D eigenvalue weighted by Gasteiger charge is -2.42. The van der Waals surface area contributed by atoms with Crippen molar-refractivity contribution in [3.63, 3.8) is 0 Å². The Morgan fingerprint density at radius 1 is 1.23 bits per heavy atom. The van der Waals surface area contributed by atoms with Crippen molar-refractivity contribution in [2.75, 3.05) is 44.7 Å². The van der Waals surface area contributed by atoms with Crippen molar-refractivity contribution in [3.05, 3.63) is 33.9 Å². The Morgan fingerprint density at radius 2 is 1.96 bits per heavy atom. The largest absolute Gasteiger partial charge is 0.392 e. The highest BCUT2D eigenvalue weighted by Crippen LogP contribution is 2.38. The zero-order valence-corrected chi connectivity index (χ0v) is 15.3. The number of nitro groups is 1. The van der Waals surface area contributed by atoms with Crippen LogP contribution < -0.4 is 5.32 Å². The van der Waals surface area contributed by atoms with Gasteiger partial charge in [0.1, 0.15) is 5.69 Å². The van der Waals surface area contributed by atoms with E-state index in [0.29, 0.717) is 11.3 Å². The second kappa shape index (κ2) is 8.79. The fourth-order valence-electron chi connectivity index (χ4n) is 4.19. The van der Waals surface area contributed by atoms with E-state index in [-0.39, 0.29) is 22.6 Å². The molecule has 3 rings (SSSR count). The summed E-state index contributed by atoms with van der Waals surface area (Å²) >= 11 is 0. The van der Waals surface area contributed by atoms with Gasteiger partial charge in [0.25, 0.3) is 5.69 Å². The summed E-state index contributed by atoms with van der Waals surface area (Å²) in [5.41, 5.74) is 1.40. The molecular formula is C19H29N3O4. The average Bonchev–Trinajstić information content (AvgIpc) is 2.67. The second-order valence-corrected chi connectivity index (χ2v) is 7.57. The number of nitrogens with one attached hydrogen (secondary N) is 1. The zero-order chi connectivity index (χ0) is 18.4. The quantitative estimate of drug-likeness (QED) is 0.572. The molecule has 1 aliphatic carbocycles. The summed E-state index contributed by atoms with van der Waals surface area (Å²) in [5.74, 6) is 0. The third-order valence-electron chi connectivity index (χ3n) is 5.67. The number of benzene rings is 1. The lowest BCUT2D eigenvalue weighted by molar-refractivity contribution is -0.384. The molecule has 1 heterocycles. The highest BCUT2D eigenvalue weighted by atomic mass is 16.6. The van der Waals surface area contributed by atoms with Gasteiger partial charge in [-0.15, -0.1) is 0 Å². The van der Waals surface area contributed by atoms with Crippen molar-refractivity contribution >= 4 is 11.4 Å². The van der Waals surface area contributed by atoms with E-state index < -0.39 is 0 Å². The Balaban J connectivity index is 1.74. The Hall–Kier alpha value is -1.70. The van der Waals surface area contributed by atoms with Crippen LogP contribution >= 0.6 is 0 Å². The maximum atomic E-state index is 11.4. The molecule has 26 heavy (non-hydrogen) atoms. The van der Waals surface area contributed by atoms with Crippen LogP contribution in [0.15, 0.2) is 18.2 Å². The molecule has 0 bridgehead atoms. The van der Waals surface area contributed by atoms with Gasteiger partial charge < -0.3 is 15.2 Å². The van der Waals surface area contributed by atoms with Crippen LogP contribution in [-0.4, -0.2) is 54.3 Å². The summed E-state index contributed by atoms with van der Waals surface area (Å²) in [6, 6.07) is 4.78. The molecule has 2 fully saturated rings. The highest BCUT2D eigenvalue weighted by molar-refractivity contribution is 5.62. The maximum absolute atomic E-state index is 11.4. The first-order valence-corrected chi connectivity index (χ1v) is 9.54. The van der Waals surface area contributed by atoms with E-state index in [1.165, 1.54) is 25.3 Å². The van der Waals surface area contributed by atoms with Crippen molar-refractivity contribution < 1.29 is 14.8 Å². The van der Waals surface area contributed by atoms with E-state index >= 15 is 0 Å². The van der Waals surface area contributed by atoms with Gasteiger partial charge in [0, 0.05) is 37.7 Å². The molecule has 0 amide bonds. The molecule has 1 saturated heterocycles. The summed E-state index contributed by atoms with van der Waals surface area (Å²) in [6.07, 6.45) is 5.98. The molecule has 0 unspecified atom stereocenters. The van der Waals surface area contributed by atoms with E-state index in [1.807, 2.05) is 0 Å². The number of anilines is 1. The minimum Gasteiger partial charge on any atom is -0.392 e. The van der Waals surface area contributed by atoms with Crippen LogP contribution in [0.3, 0.4) is 0 Å². The van der Waals surface area contributed by atoms with Crippen molar-refractivity contribution in [2.45, 2.75) is 38.7 Å². The first-order chi connectivity index (χ1) is 12.6. The Morgan fingerprint density at radius 3 is 2.62 bits per heavy atom. The van der Waals surface area contributed by atoms with Crippen molar-refractivity contribution in [2.24, 2.45) is 5.41 Å². The molecule has 2 aliphatic rings. The first kappa shape index (κ1) is 19.1. The van der Waals surface area contributed by atoms with Crippen molar-refractivity contribution in [1.82, 2.24) is 4.90 Å². The van der Waals surface area contributed by atoms with Crippen LogP contribution in [0.25, 0.3) is 0 Å². The number of morpholine rings is 1. The van der Waals surface area contributed by atoms with E-state index in [0.717, 1.165) is 52.2 Å². The van der Waals surface area contributed by atoms with Gasteiger partial charge in [0.05, 0.1) is 24.7 Å². The summed E-state index contributed by atoms with van der Waals surface area (Å²) in [6.45, 7) is 5.10. The van der Waals surface area contributed by atoms with Crippen LogP contribution in [0.5, 0.6) is 0 Å². The number of nitro benzene ring substituents is 1. The van der Waals surface area contributed by atoms with Gasteiger partial charge >= 0.3 is 0 Å². The standard InChI is InChI=1S/C19H29N3O4/c23-13-16-4-5-18(22(24)25)17(12-16)20-14-19(6-2-1-3-7-19)15-21-8-10-26-11-9-21/h4-5,12,20,23H,1-3,6-11,13-15H2. The predicted molar refractivity (Wildman–Crippen MR) is 100 cm³/mol. The molecule has 1 aromatic rings. The molecule has 1 saturated carbocycles. The van der Waals surface area contributed by atoms with Gasteiger partial charge in [-0.1, -0.05) is 19.3 Å². The predicted octanol–water partition coefficient (Wildman–Crippen LogP) is 2.78. The molecule has 0 radical (unpaired) electrons. The molecule has 144 valence electrons. The van der Waals surface area contributed by atoms with Crippen LogP contribution in [0.2, 0.25) is 0 Å². The molecule has 7 heteroatoms. The average molecular weight is 363 g/mol. The molecule has 0 aromatic heterocycles. The number of ether oxygens (including phenoxy) is 1. The highest BCUT2D eigenvalue weighted by Gasteiger charge is 2.34. The van der Waals surface area contributed by atoms with Crippen LogP contribution in [0, 0.1) is 15.5 Å². The molecule has 2 N–H and O–H groups in total. The van der Waals surface area contributed by atoms with Gasteiger partial charge in [-0.25, -0.2) is 0 Å². The molecule has 0 spiro atoms. The second-order valence-electron chi connectivity index (χ2n) is 7.57. The van der Waals surface area contributed by atoms with Gasteiger partial charge in [-0.3, -0.25) is 15.0 Å². The number of aliphatic hydroxyl groups is 1. The van der Waals surface area contributed by atoms with Crippen LogP contribution in [0.4, 0.5) is 11.4 Å². The molecular weight excluding hydrogens is 334 g/mol. The first-order valence-electron chi connectivity index (χ1n) is 9.54. The number of aliphatic hydroxyl groups excluding tert-OH is 1. The molecule has 7 nitrogen and oxygen atoms in total. The lowest BCUT2D eigenvalue weighted by Crippen LogP contribution is -2.47. The normalized spacial score (nSPS) is 20.7. The molecule has 1 aliphatic heterocycles. The van der Waals surface area contributed by atoms with Crippen LogP contribution in [0.1, 0.15) is 37.7 Å². The fourth-order valence-corrected chi connectivity index (χ4v) is 4.19. The van der Waals surface area contributed by atoms with Gasteiger partial charge in [0.2, 0.25) is 0 Å². The monoisotopic (exact) mass is 363 g/mol. The maximum Gasteiger partial charge on any atom is 0.292 e. The third-order valence-corrected chi connectivity index (χ3v) is 5.67. The van der Waals surface area contributed by atoms with Gasteiger partial charge in [-0.05, 0) is 30.5 Å². The van der Waals surface area contributed by atoms with Gasteiger partial charge in [-0.2, -0.15) is 0 Å².